The highest BCUT2D eigenvalue weighted by Gasteiger charge is 2.21. The zero-order valence-electron chi connectivity index (χ0n) is 18.9. The highest BCUT2D eigenvalue weighted by atomic mass is 35.5. The number of aliphatic imine (C=N–C) groups is 1. The molecule has 1 aliphatic heterocycles. The average molecular weight is 498 g/mol. The van der Waals surface area contributed by atoms with Crippen LogP contribution in [0.3, 0.4) is 0 Å². The maximum Gasteiger partial charge on any atom is 0.229 e. The van der Waals surface area contributed by atoms with E-state index in [9.17, 15) is 4.39 Å². The molecule has 34 heavy (non-hydrogen) atoms. The Labute approximate surface area is 208 Å². The summed E-state index contributed by atoms with van der Waals surface area (Å²) in [6.07, 6.45) is 0. The average Bonchev–Trinajstić information content (AvgIpc) is 2.81. The third-order valence-electron chi connectivity index (χ3n) is 5.28. The minimum absolute atomic E-state index is 0.01000. The number of guanidine groups is 1. The standard InChI is InChI=1S/C24H25ClFN7S/c1-16-14-17(2)28-22(27-16)30-23(31-24(34)29-18-8-9-21(26)20(25)15-18)33-12-10-32(11-13-33)19-6-4-3-5-7-19/h3-9,14-15H,10-13H2,1-2H3,(H2,27,28,29,30,31,34). The summed E-state index contributed by atoms with van der Waals surface area (Å²) < 4.78 is 13.5. The molecule has 3 aromatic rings. The zero-order valence-corrected chi connectivity index (χ0v) is 20.5. The topological polar surface area (TPSA) is 68.7 Å². The predicted molar refractivity (Wildman–Crippen MR) is 140 cm³/mol. The van der Waals surface area contributed by atoms with Crippen LogP contribution in [0.2, 0.25) is 5.02 Å². The number of aromatic nitrogens is 2. The Morgan fingerprint density at radius 1 is 0.971 bits per heavy atom. The van der Waals surface area contributed by atoms with Crippen molar-refractivity contribution in [1.82, 2.24) is 14.9 Å². The van der Waals surface area contributed by atoms with Crippen molar-refractivity contribution >= 4 is 52.2 Å². The minimum atomic E-state index is -0.493. The molecule has 1 aromatic heterocycles. The summed E-state index contributed by atoms with van der Waals surface area (Å²) in [7, 11) is 0. The third kappa shape index (κ3) is 6.18. The molecule has 0 radical (unpaired) electrons. The van der Waals surface area contributed by atoms with Crippen molar-refractivity contribution in [3.63, 3.8) is 0 Å². The van der Waals surface area contributed by atoms with E-state index in [1.807, 2.05) is 38.1 Å². The van der Waals surface area contributed by atoms with Crippen molar-refractivity contribution in [3.05, 3.63) is 76.8 Å². The number of nitrogens with one attached hydrogen (secondary N) is 2. The number of piperazine rings is 1. The Kier molecular flexibility index (Phi) is 7.54. The summed E-state index contributed by atoms with van der Waals surface area (Å²) in [6.45, 7) is 6.95. The fourth-order valence-corrected chi connectivity index (χ4v) is 4.08. The van der Waals surface area contributed by atoms with Gasteiger partial charge in [-0.2, -0.15) is 4.99 Å². The molecule has 2 aromatic carbocycles. The van der Waals surface area contributed by atoms with Gasteiger partial charge in [0, 0.05) is 48.9 Å². The maximum atomic E-state index is 13.5. The smallest absolute Gasteiger partial charge is 0.229 e. The number of aryl methyl sites for hydroxylation is 2. The second-order valence-corrected chi connectivity index (χ2v) is 8.70. The number of hydrogen-bond acceptors (Lipinski definition) is 4. The Hall–Kier alpha value is -3.30. The second kappa shape index (κ2) is 10.8. The predicted octanol–water partition coefficient (Wildman–Crippen LogP) is 4.87. The maximum absolute atomic E-state index is 13.5. The van der Waals surface area contributed by atoms with Gasteiger partial charge in [0.1, 0.15) is 5.82 Å². The summed E-state index contributed by atoms with van der Waals surface area (Å²) in [5.74, 6) is 0.505. The summed E-state index contributed by atoms with van der Waals surface area (Å²) in [5.41, 5.74) is 3.45. The Balaban J connectivity index is 1.53. The first-order valence-corrected chi connectivity index (χ1v) is 11.6. The van der Waals surface area contributed by atoms with Crippen LogP contribution in [0.25, 0.3) is 0 Å². The summed E-state index contributed by atoms with van der Waals surface area (Å²) >= 11 is 11.4. The van der Waals surface area contributed by atoms with E-state index in [1.165, 1.54) is 17.8 Å². The van der Waals surface area contributed by atoms with Crippen LogP contribution < -0.4 is 15.5 Å². The number of rotatable bonds is 3. The molecule has 176 valence electrons. The molecule has 0 atom stereocenters. The van der Waals surface area contributed by atoms with Crippen molar-refractivity contribution < 1.29 is 4.39 Å². The van der Waals surface area contributed by atoms with Crippen LogP contribution in [0.4, 0.5) is 21.7 Å². The fourth-order valence-electron chi connectivity index (χ4n) is 3.70. The Morgan fingerprint density at radius 2 is 1.65 bits per heavy atom. The van der Waals surface area contributed by atoms with Gasteiger partial charge in [-0.15, -0.1) is 0 Å². The normalized spacial score (nSPS) is 14.2. The van der Waals surface area contributed by atoms with Crippen molar-refractivity contribution in [2.24, 2.45) is 4.99 Å². The largest absolute Gasteiger partial charge is 0.368 e. The Morgan fingerprint density at radius 3 is 2.29 bits per heavy atom. The molecule has 0 saturated carbocycles. The summed E-state index contributed by atoms with van der Waals surface area (Å²) in [6, 6.07) is 16.5. The minimum Gasteiger partial charge on any atom is -0.368 e. The SMILES string of the molecule is Cc1cc(C)nc(N/C(=N/C(=S)Nc2ccc(F)c(Cl)c2)N2CCN(c3ccccc3)CC2)n1. The van der Waals surface area contributed by atoms with Gasteiger partial charge in [-0.1, -0.05) is 29.8 Å². The number of hydrogen-bond donors (Lipinski definition) is 2. The lowest BCUT2D eigenvalue weighted by molar-refractivity contribution is 0.385. The second-order valence-electron chi connectivity index (χ2n) is 7.90. The van der Waals surface area contributed by atoms with E-state index >= 15 is 0 Å². The van der Waals surface area contributed by atoms with Crippen LogP contribution in [0.1, 0.15) is 11.4 Å². The summed E-state index contributed by atoms with van der Waals surface area (Å²) in [5, 5.41) is 6.46. The van der Waals surface area contributed by atoms with Crippen molar-refractivity contribution in [3.8, 4) is 0 Å². The number of halogens is 2. The van der Waals surface area contributed by atoms with Gasteiger partial charge >= 0.3 is 0 Å². The highest BCUT2D eigenvalue weighted by molar-refractivity contribution is 7.80. The van der Waals surface area contributed by atoms with Gasteiger partial charge in [-0.3, -0.25) is 5.32 Å². The molecule has 4 rings (SSSR count). The van der Waals surface area contributed by atoms with E-state index in [4.69, 9.17) is 23.8 Å². The van der Waals surface area contributed by atoms with Gasteiger partial charge in [0.15, 0.2) is 0 Å². The quantitative estimate of drug-likeness (QED) is 0.304. The van der Waals surface area contributed by atoms with Crippen molar-refractivity contribution in [2.75, 3.05) is 41.7 Å². The molecule has 1 saturated heterocycles. The van der Waals surface area contributed by atoms with E-state index in [2.05, 4.69) is 47.5 Å². The van der Waals surface area contributed by atoms with Crippen LogP contribution in [-0.4, -0.2) is 52.1 Å². The monoisotopic (exact) mass is 497 g/mol. The van der Waals surface area contributed by atoms with Gasteiger partial charge in [0.2, 0.25) is 17.0 Å². The molecule has 7 nitrogen and oxygen atoms in total. The van der Waals surface area contributed by atoms with Crippen molar-refractivity contribution in [2.45, 2.75) is 13.8 Å². The van der Waals surface area contributed by atoms with E-state index in [0.717, 1.165) is 37.6 Å². The molecular weight excluding hydrogens is 473 g/mol. The van der Waals surface area contributed by atoms with Crippen molar-refractivity contribution in [1.29, 1.82) is 0 Å². The van der Waals surface area contributed by atoms with Crippen LogP contribution in [0, 0.1) is 19.7 Å². The van der Waals surface area contributed by atoms with Crippen LogP contribution in [-0.2, 0) is 0 Å². The van der Waals surface area contributed by atoms with Gasteiger partial charge in [0.05, 0.1) is 5.02 Å². The molecule has 10 heteroatoms. The van der Waals surface area contributed by atoms with Crippen LogP contribution >= 0.6 is 23.8 Å². The number of nitrogens with zero attached hydrogens (tertiary/aromatic N) is 5. The van der Waals surface area contributed by atoms with E-state index < -0.39 is 5.82 Å². The molecule has 0 amide bonds. The van der Waals surface area contributed by atoms with E-state index in [0.29, 0.717) is 17.6 Å². The molecule has 0 aliphatic carbocycles. The number of para-hydroxylation sites is 1. The third-order valence-corrected chi connectivity index (χ3v) is 5.77. The lowest BCUT2D eigenvalue weighted by atomic mass is 10.2. The molecule has 0 unspecified atom stereocenters. The molecule has 0 spiro atoms. The van der Waals surface area contributed by atoms with E-state index in [1.54, 1.807) is 6.07 Å². The number of benzene rings is 2. The van der Waals surface area contributed by atoms with Gasteiger partial charge in [0.25, 0.3) is 0 Å². The van der Waals surface area contributed by atoms with Gasteiger partial charge < -0.3 is 15.1 Å². The first-order chi connectivity index (χ1) is 16.4. The lowest BCUT2D eigenvalue weighted by Crippen LogP contribution is -2.51. The lowest BCUT2D eigenvalue weighted by Gasteiger charge is -2.37. The number of thiocarbonyl (C=S) groups is 1. The van der Waals surface area contributed by atoms with Gasteiger partial charge in [-0.25, -0.2) is 14.4 Å². The van der Waals surface area contributed by atoms with Gasteiger partial charge in [-0.05, 0) is 62.5 Å². The molecule has 1 aliphatic rings. The number of anilines is 3. The summed E-state index contributed by atoms with van der Waals surface area (Å²) in [4.78, 5) is 18.0. The fraction of sp³-hybridized carbons (Fsp3) is 0.250. The molecule has 2 heterocycles. The molecule has 0 bridgehead atoms. The highest BCUT2D eigenvalue weighted by Crippen LogP contribution is 2.20. The zero-order chi connectivity index (χ0) is 24.1. The first-order valence-electron chi connectivity index (χ1n) is 10.9. The first kappa shape index (κ1) is 23.8. The Bertz CT molecular complexity index is 1180. The van der Waals surface area contributed by atoms with E-state index in [-0.39, 0.29) is 10.1 Å². The van der Waals surface area contributed by atoms with Crippen LogP contribution in [0.15, 0.2) is 59.6 Å². The molecule has 2 N–H and O–H groups in total. The molecule has 1 fully saturated rings. The molecular formula is C24H25ClFN7S. The van der Waals surface area contributed by atoms with Crippen LogP contribution in [0.5, 0.6) is 0 Å².